The molecule has 0 saturated heterocycles. The van der Waals surface area contributed by atoms with Gasteiger partial charge in [0.25, 0.3) is 0 Å². The maximum Gasteiger partial charge on any atom is 0.416 e. The molecule has 2 rings (SSSR count). The van der Waals surface area contributed by atoms with Crippen molar-refractivity contribution in [3.63, 3.8) is 0 Å². The number of fused-ring (bicyclic) bond motifs is 1. The Hall–Kier alpha value is -1.04. The molecular weight excluding hydrogens is 275 g/mol. The average molecular weight is 280 g/mol. The molecule has 1 aliphatic heterocycles. The molecule has 1 aliphatic rings. The van der Waals surface area contributed by atoms with Crippen molar-refractivity contribution in [1.29, 1.82) is 0 Å². The number of hydrogen-bond donors (Lipinski definition) is 1. The molecule has 15 heavy (non-hydrogen) atoms. The number of halogens is 4. The van der Waals surface area contributed by atoms with Gasteiger partial charge in [-0.3, -0.25) is 4.79 Å². The van der Waals surface area contributed by atoms with Crippen LogP contribution in [0.2, 0.25) is 0 Å². The standard InChI is InChI=1S/C9H5BrF3NO/c10-6-2-1-5(9(11,12)13)4-3-7(15)14-8(4)6/h1-2H,3H2,(H,14,15). The summed E-state index contributed by atoms with van der Waals surface area (Å²) in [5, 5.41) is 2.39. The molecule has 0 fully saturated rings. The lowest BCUT2D eigenvalue weighted by Crippen LogP contribution is -2.08. The van der Waals surface area contributed by atoms with Gasteiger partial charge in [0.15, 0.2) is 0 Å². The first-order chi connectivity index (χ1) is 6.89. The van der Waals surface area contributed by atoms with Crippen molar-refractivity contribution in [2.45, 2.75) is 12.6 Å². The molecule has 0 saturated carbocycles. The van der Waals surface area contributed by atoms with Crippen molar-refractivity contribution >= 4 is 27.5 Å². The highest BCUT2D eigenvalue weighted by molar-refractivity contribution is 9.10. The summed E-state index contributed by atoms with van der Waals surface area (Å²) in [6.45, 7) is 0. The highest BCUT2D eigenvalue weighted by Gasteiger charge is 2.37. The molecule has 0 bridgehead atoms. The van der Waals surface area contributed by atoms with E-state index in [1.54, 1.807) is 0 Å². The van der Waals surface area contributed by atoms with Crippen molar-refractivity contribution in [2.24, 2.45) is 0 Å². The van der Waals surface area contributed by atoms with Gasteiger partial charge < -0.3 is 5.32 Å². The molecule has 0 aromatic heterocycles. The van der Waals surface area contributed by atoms with Gasteiger partial charge in [0.05, 0.1) is 17.7 Å². The van der Waals surface area contributed by atoms with E-state index in [0.717, 1.165) is 6.07 Å². The van der Waals surface area contributed by atoms with Gasteiger partial charge in [-0.15, -0.1) is 0 Å². The van der Waals surface area contributed by atoms with E-state index < -0.39 is 17.6 Å². The fraction of sp³-hybridized carbons (Fsp3) is 0.222. The largest absolute Gasteiger partial charge is 0.416 e. The fourth-order valence-corrected chi connectivity index (χ4v) is 2.02. The van der Waals surface area contributed by atoms with Gasteiger partial charge in [-0.2, -0.15) is 13.2 Å². The molecule has 1 heterocycles. The van der Waals surface area contributed by atoms with Crippen molar-refractivity contribution in [3.05, 3.63) is 27.7 Å². The van der Waals surface area contributed by atoms with Crippen molar-refractivity contribution in [1.82, 2.24) is 0 Å². The molecule has 2 nitrogen and oxygen atoms in total. The number of carbonyl (C=O) groups excluding carboxylic acids is 1. The van der Waals surface area contributed by atoms with Crippen molar-refractivity contribution in [2.75, 3.05) is 5.32 Å². The second kappa shape index (κ2) is 3.23. The number of benzene rings is 1. The molecule has 6 heteroatoms. The summed E-state index contributed by atoms with van der Waals surface area (Å²) in [7, 11) is 0. The number of nitrogens with one attached hydrogen (secondary N) is 1. The van der Waals surface area contributed by atoms with E-state index in [9.17, 15) is 18.0 Å². The summed E-state index contributed by atoms with van der Waals surface area (Å²) in [5.74, 6) is -0.414. The normalized spacial score (nSPS) is 15.1. The van der Waals surface area contributed by atoms with Crippen LogP contribution in [0.5, 0.6) is 0 Å². The van der Waals surface area contributed by atoms with Crippen LogP contribution in [-0.2, 0) is 17.4 Å². The van der Waals surface area contributed by atoms with Gasteiger partial charge >= 0.3 is 6.18 Å². The van der Waals surface area contributed by atoms with E-state index in [2.05, 4.69) is 21.2 Å². The van der Waals surface area contributed by atoms with Gasteiger partial charge in [0.2, 0.25) is 5.91 Å². The lowest BCUT2D eigenvalue weighted by molar-refractivity contribution is -0.138. The van der Waals surface area contributed by atoms with Crippen LogP contribution >= 0.6 is 15.9 Å². The zero-order valence-electron chi connectivity index (χ0n) is 7.28. The molecule has 80 valence electrons. The minimum Gasteiger partial charge on any atom is -0.325 e. The molecule has 0 unspecified atom stereocenters. The number of alkyl halides is 3. The number of anilines is 1. The number of hydrogen-bond acceptors (Lipinski definition) is 1. The third kappa shape index (κ3) is 1.73. The first-order valence-corrected chi connectivity index (χ1v) is 4.87. The second-order valence-corrected chi connectivity index (χ2v) is 4.03. The predicted molar refractivity (Wildman–Crippen MR) is 51.5 cm³/mol. The van der Waals surface area contributed by atoms with Crippen LogP contribution in [0.1, 0.15) is 11.1 Å². The third-order valence-electron chi connectivity index (χ3n) is 2.17. The Morgan fingerprint density at radius 3 is 2.60 bits per heavy atom. The van der Waals surface area contributed by atoms with E-state index in [0.29, 0.717) is 4.47 Å². The van der Waals surface area contributed by atoms with Gasteiger partial charge in [-0.05, 0) is 33.6 Å². The first-order valence-electron chi connectivity index (χ1n) is 4.08. The summed E-state index contributed by atoms with van der Waals surface area (Å²) in [6, 6.07) is 2.26. The molecular formula is C9H5BrF3NO. The highest BCUT2D eigenvalue weighted by Crippen LogP contribution is 2.40. The molecule has 0 radical (unpaired) electrons. The summed E-state index contributed by atoms with van der Waals surface area (Å²) in [4.78, 5) is 11.0. The van der Waals surface area contributed by atoms with Gasteiger partial charge in [0, 0.05) is 4.47 Å². The SMILES string of the molecule is O=C1Cc2c(C(F)(F)F)ccc(Br)c2N1. The highest BCUT2D eigenvalue weighted by atomic mass is 79.9. The van der Waals surface area contributed by atoms with Crippen molar-refractivity contribution < 1.29 is 18.0 Å². The maximum atomic E-state index is 12.5. The van der Waals surface area contributed by atoms with E-state index in [1.165, 1.54) is 6.07 Å². The minimum atomic E-state index is -4.42. The van der Waals surface area contributed by atoms with Crippen LogP contribution in [0.25, 0.3) is 0 Å². The lowest BCUT2D eigenvalue weighted by atomic mass is 10.0. The van der Waals surface area contributed by atoms with Gasteiger partial charge in [-0.25, -0.2) is 0 Å². The topological polar surface area (TPSA) is 29.1 Å². The Balaban J connectivity index is 2.62. The second-order valence-electron chi connectivity index (χ2n) is 3.17. The molecule has 1 aromatic rings. The predicted octanol–water partition coefficient (Wildman–Crippen LogP) is 2.96. The smallest absolute Gasteiger partial charge is 0.325 e. The summed E-state index contributed by atoms with van der Waals surface area (Å²) in [6.07, 6.45) is -4.64. The number of carbonyl (C=O) groups is 1. The van der Waals surface area contributed by atoms with Crippen LogP contribution in [0.15, 0.2) is 16.6 Å². The van der Waals surface area contributed by atoms with E-state index in [-0.39, 0.29) is 17.7 Å². The van der Waals surface area contributed by atoms with E-state index >= 15 is 0 Å². The zero-order chi connectivity index (χ0) is 11.2. The van der Waals surface area contributed by atoms with Crippen LogP contribution in [0, 0.1) is 0 Å². The van der Waals surface area contributed by atoms with Crippen LogP contribution in [0.3, 0.4) is 0 Å². The maximum absolute atomic E-state index is 12.5. The Morgan fingerprint density at radius 1 is 1.33 bits per heavy atom. The van der Waals surface area contributed by atoms with Crippen LogP contribution < -0.4 is 5.32 Å². The Morgan fingerprint density at radius 2 is 2.00 bits per heavy atom. The van der Waals surface area contributed by atoms with Crippen LogP contribution in [-0.4, -0.2) is 5.91 Å². The van der Waals surface area contributed by atoms with E-state index in [4.69, 9.17) is 0 Å². The monoisotopic (exact) mass is 279 g/mol. The minimum absolute atomic E-state index is 0.0156. The van der Waals surface area contributed by atoms with Gasteiger partial charge in [-0.1, -0.05) is 0 Å². The van der Waals surface area contributed by atoms with Gasteiger partial charge in [0.1, 0.15) is 0 Å². The average Bonchev–Trinajstić information content (AvgIpc) is 2.45. The molecule has 0 atom stereocenters. The molecule has 0 spiro atoms. The van der Waals surface area contributed by atoms with E-state index in [1.807, 2.05) is 0 Å². The third-order valence-corrected chi connectivity index (χ3v) is 2.83. The Kier molecular flexibility index (Phi) is 2.26. The summed E-state index contributed by atoms with van der Waals surface area (Å²) < 4.78 is 38.1. The lowest BCUT2D eigenvalue weighted by Gasteiger charge is -2.11. The number of amides is 1. The van der Waals surface area contributed by atoms with Crippen molar-refractivity contribution in [3.8, 4) is 0 Å². The first kappa shape index (κ1) is 10.5. The molecule has 1 aromatic carbocycles. The molecule has 0 aliphatic carbocycles. The zero-order valence-corrected chi connectivity index (χ0v) is 8.87. The molecule has 1 amide bonds. The Labute approximate surface area is 91.6 Å². The molecule has 1 N–H and O–H groups in total. The summed E-state index contributed by atoms with van der Waals surface area (Å²) >= 11 is 3.09. The summed E-state index contributed by atoms with van der Waals surface area (Å²) in [5.41, 5.74) is -0.504. The quantitative estimate of drug-likeness (QED) is 0.777. The number of rotatable bonds is 0. The Bertz CT molecular complexity index is 442. The fourth-order valence-electron chi connectivity index (χ4n) is 1.55. The van der Waals surface area contributed by atoms with Crippen LogP contribution in [0.4, 0.5) is 18.9 Å².